The van der Waals surface area contributed by atoms with Crippen LogP contribution in [-0.2, 0) is 20.2 Å². The second-order valence-corrected chi connectivity index (χ2v) is 5.52. The maximum Gasteiger partial charge on any atom is 1.00 e. The molecule has 0 saturated carbocycles. The number of aromatic hydroxyl groups is 2. The van der Waals surface area contributed by atoms with Crippen molar-refractivity contribution in [3.05, 3.63) is 12.1 Å². The third-order valence-electron chi connectivity index (χ3n) is 1.58. The average molecular weight is 310 g/mol. The fourth-order valence-corrected chi connectivity index (χ4v) is 2.27. The van der Waals surface area contributed by atoms with Gasteiger partial charge in [0.25, 0.3) is 20.2 Å². The Hall–Kier alpha value is 0.276. The minimum absolute atomic E-state index is 0. The van der Waals surface area contributed by atoms with Crippen LogP contribution < -0.4 is 51.4 Å². The molecule has 1 aromatic rings. The van der Waals surface area contributed by atoms with Gasteiger partial charge in [0.15, 0.2) is 5.75 Å². The molecule has 0 aromatic heterocycles. The predicted molar refractivity (Wildman–Crippen MR) is 50.5 cm³/mol. The van der Waals surface area contributed by atoms with Gasteiger partial charge in [-0.2, -0.15) is 16.8 Å². The first-order valence-corrected chi connectivity index (χ1v) is 6.42. The van der Waals surface area contributed by atoms with Gasteiger partial charge >= 0.3 is 51.4 Å². The van der Waals surface area contributed by atoms with E-state index in [-0.39, 0.29) is 52.8 Å². The molecule has 0 aliphatic carbocycles. The van der Waals surface area contributed by atoms with Crippen LogP contribution in [0, 0.1) is 0 Å². The van der Waals surface area contributed by atoms with Crippen LogP contribution >= 0.6 is 0 Å². The van der Waals surface area contributed by atoms with E-state index in [1.807, 2.05) is 0 Å². The molecule has 4 N–H and O–H groups in total. The van der Waals surface area contributed by atoms with Crippen LogP contribution in [0.15, 0.2) is 21.9 Å². The minimum Gasteiger partial charge on any atom is -1.00 e. The van der Waals surface area contributed by atoms with Gasteiger partial charge in [0, 0.05) is 12.1 Å². The summed E-state index contributed by atoms with van der Waals surface area (Å²) in [5, 5.41) is 18.2. The number of rotatable bonds is 2. The van der Waals surface area contributed by atoms with Gasteiger partial charge in [0.05, 0.1) is 0 Å². The topological polar surface area (TPSA) is 149 Å². The van der Waals surface area contributed by atoms with E-state index in [9.17, 15) is 21.9 Å². The van der Waals surface area contributed by atoms with Crippen molar-refractivity contribution >= 4 is 20.2 Å². The van der Waals surface area contributed by atoms with E-state index in [4.69, 9.17) is 14.2 Å². The van der Waals surface area contributed by atoms with Crippen molar-refractivity contribution in [2.45, 2.75) is 9.79 Å². The van der Waals surface area contributed by atoms with E-state index in [0.717, 1.165) is 0 Å². The molecule has 11 heteroatoms. The van der Waals surface area contributed by atoms with Gasteiger partial charge in [-0.05, 0) is 0 Å². The van der Waals surface area contributed by atoms with Gasteiger partial charge in [-0.15, -0.1) is 0 Å². The summed E-state index contributed by atoms with van der Waals surface area (Å²) in [4.78, 5) is -2.44. The van der Waals surface area contributed by atoms with Crippen LogP contribution in [0.25, 0.3) is 0 Å². The molecule has 0 spiro atoms. The fourth-order valence-electron chi connectivity index (χ4n) is 0.962. The first-order valence-electron chi connectivity index (χ1n) is 3.54. The van der Waals surface area contributed by atoms with Gasteiger partial charge in [0.1, 0.15) is 15.5 Å². The Labute approximate surface area is 141 Å². The van der Waals surface area contributed by atoms with E-state index in [1.165, 1.54) is 0 Å². The Morgan fingerprint density at radius 2 is 1.18 bits per heavy atom. The summed E-state index contributed by atoms with van der Waals surface area (Å²) in [6.45, 7) is 0. The number of phenolic OH excluding ortho intramolecular Hbond substituents is 2. The molecule has 0 radical (unpaired) electrons. The van der Waals surface area contributed by atoms with E-state index >= 15 is 0 Å². The molecule has 0 bridgehead atoms. The smallest absolute Gasteiger partial charge is 1.00 e. The molecule has 8 nitrogen and oxygen atoms in total. The van der Waals surface area contributed by atoms with E-state index in [2.05, 4.69) is 0 Å². The fraction of sp³-hybridized carbons (Fsp3) is 0. The number of phenols is 2. The van der Waals surface area contributed by atoms with Crippen LogP contribution in [0.1, 0.15) is 1.43 Å². The van der Waals surface area contributed by atoms with Gasteiger partial charge in [-0.25, -0.2) is 0 Å². The summed E-state index contributed by atoms with van der Waals surface area (Å²) >= 11 is 0. The molecule has 0 fully saturated rings. The molecular formula is C6H7KO8S2. The zero-order chi connectivity index (χ0) is 12.7. The molecule has 1 aromatic carbocycles. The third kappa shape index (κ3) is 4.15. The molecular weight excluding hydrogens is 303 g/mol. The van der Waals surface area contributed by atoms with Gasteiger partial charge in [-0.3, -0.25) is 9.11 Å². The zero-order valence-corrected chi connectivity index (χ0v) is 13.1. The van der Waals surface area contributed by atoms with Crippen LogP contribution in [0.2, 0.25) is 0 Å². The SMILES string of the molecule is O=S(=O)(O)c1cc(O)cc(S(=O)(=O)O)c1O.[H-].[K+]. The Balaban J connectivity index is 0. The largest absolute Gasteiger partial charge is 1.00 e. The van der Waals surface area contributed by atoms with Crippen LogP contribution in [0.4, 0.5) is 0 Å². The maximum atomic E-state index is 10.7. The molecule has 17 heavy (non-hydrogen) atoms. The summed E-state index contributed by atoms with van der Waals surface area (Å²) < 4.78 is 60.0. The molecule has 0 amide bonds. The molecule has 1 rings (SSSR count). The third-order valence-corrected chi connectivity index (χ3v) is 3.31. The van der Waals surface area contributed by atoms with E-state index in [1.54, 1.807) is 0 Å². The monoisotopic (exact) mass is 310 g/mol. The minimum atomic E-state index is -4.92. The number of hydrogen-bond acceptors (Lipinski definition) is 6. The average Bonchev–Trinajstić information content (AvgIpc) is 2.04. The quantitative estimate of drug-likeness (QED) is 0.252. The van der Waals surface area contributed by atoms with Gasteiger partial charge in [-0.1, -0.05) is 0 Å². The van der Waals surface area contributed by atoms with Crippen LogP contribution in [0.5, 0.6) is 11.5 Å². The first kappa shape index (κ1) is 17.3. The number of hydrogen-bond donors (Lipinski definition) is 4. The summed E-state index contributed by atoms with van der Waals surface area (Å²) in [7, 11) is -9.85. The first-order chi connectivity index (χ1) is 7.03. The summed E-state index contributed by atoms with van der Waals surface area (Å²) in [6.07, 6.45) is 0. The van der Waals surface area contributed by atoms with Crippen molar-refractivity contribution in [3.8, 4) is 11.5 Å². The van der Waals surface area contributed by atoms with Gasteiger partial charge < -0.3 is 11.6 Å². The molecule has 92 valence electrons. The van der Waals surface area contributed by atoms with E-state index in [0.29, 0.717) is 12.1 Å². The van der Waals surface area contributed by atoms with Crippen molar-refractivity contribution in [1.29, 1.82) is 0 Å². The van der Waals surface area contributed by atoms with Crippen molar-refractivity contribution in [2.24, 2.45) is 0 Å². The molecule has 0 aliphatic heterocycles. The molecule has 0 aliphatic rings. The van der Waals surface area contributed by atoms with E-state index < -0.39 is 41.5 Å². The molecule has 0 unspecified atom stereocenters. The Bertz CT molecular complexity index is 585. The van der Waals surface area contributed by atoms with Crippen molar-refractivity contribution in [2.75, 3.05) is 0 Å². The Kier molecular flexibility index (Phi) is 5.59. The standard InChI is InChI=1S/C6H6O8S2.K.H/c7-3-1-4(15(9,10)11)6(8)5(2-3)16(12,13)14;;/h1-2,7-8H,(H,9,10,11)(H,12,13,14);;/q;+1;-1. The normalized spacial score (nSPS) is 11.9. The molecule has 0 heterocycles. The van der Waals surface area contributed by atoms with Gasteiger partial charge in [0.2, 0.25) is 0 Å². The summed E-state index contributed by atoms with van der Waals surface area (Å²) in [6, 6.07) is 0.860. The van der Waals surface area contributed by atoms with Crippen molar-refractivity contribution < 1.29 is 89.0 Å². The van der Waals surface area contributed by atoms with Crippen LogP contribution in [0.3, 0.4) is 0 Å². The predicted octanol–water partition coefficient (Wildman–Crippen LogP) is -3.29. The zero-order valence-electron chi connectivity index (χ0n) is 9.39. The maximum absolute atomic E-state index is 10.7. The van der Waals surface area contributed by atoms with Crippen molar-refractivity contribution in [1.82, 2.24) is 0 Å². The van der Waals surface area contributed by atoms with Crippen LogP contribution in [-0.4, -0.2) is 36.2 Å². The summed E-state index contributed by atoms with van der Waals surface area (Å²) in [5.74, 6) is -2.24. The molecule has 0 atom stereocenters. The number of benzene rings is 1. The molecule has 0 saturated heterocycles. The second kappa shape index (κ2) is 5.50. The second-order valence-electron chi connectivity index (χ2n) is 2.74. The Morgan fingerprint density at radius 3 is 1.41 bits per heavy atom. The summed E-state index contributed by atoms with van der Waals surface area (Å²) in [5.41, 5.74) is 0. The Morgan fingerprint density at radius 1 is 0.882 bits per heavy atom. The van der Waals surface area contributed by atoms with Crippen molar-refractivity contribution in [3.63, 3.8) is 0 Å².